The zero-order valence-corrected chi connectivity index (χ0v) is 23.6. The molecule has 0 saturated carbocycles. The van der Waals surface area contributed by atoms with Crippen molar-refractivity contribution in [2.75, 3.05) is 13.1 Å². The number of benzene rings is 1. The second-order valence-electron chi connectivity index (χ2n) is 11.5. The molecule has 2 amide bonds. The first kappa shape index (κ1) is 27.5. The second-order valence-corrected chi connectivity index (χ2v) is 11.5. The molecule has 0 radical (unpaired) electrons. The van der Waals surface area contributed by atoms with Crippen molar-refractivity contribution in [1.82, 2.24) is 19.8 Å². The van der Waals surface area contributed by atoms with Crippen LogP contribution in [0.25, 0.3) is 10.9 Å². The molecule has 1 aromatic carbocycles. The number of rotatable bonds is 5. The molecule has 8 nitrogen and oxygen atoms in total. The molecular formula is C30H40N4O4. The number of carbonyl (C=O) groups is 2. The number of aryl methyl sites for hydroxylation is 2. The zero-order chi connectivity index (χ0) is 27.8. The van der Waals surface area contributed by atoms with Gasteiger partial charge in [-0.25, -0.2) is 4.79 Å². The molecule has 1 aliphatic heterocycles. The molecule has 1 aliphatic rings. The first-order valence-corrected chi connectivity index (χ1v) is 13.4. The lowest BCUT2D eigenvalue weighted by Gasteiger charge is -2.36. The predicted molar refractivity (Wildman–Crippen MR) is 150 cm³/mol. The minimum Gasteiger partial charge on any atom is -0.444 e. The number of aromatic amines is 1. The van der Waals surface area contributed by atoms with Crippen LogP contribution in [-0.4, -0.2) is 45.1 Å². The van der Waals surface area contributed by atoms with Gasteiger partial charge in [-0.05, 0) is 84.9 Å². The fourth-order valence-electron chi connectivity index (χ4n) is 5.66. The van der Waals surface area contributed by atoms with Crippen molar-refractivity contribution in [3.63, 3.8) is 0 Å². The first-order valence-electron chi connectivity index (χ1n) is 13.4. The third-order valence-electron chi connectivity index (χ3n) is 7.58. The molecule has 1 saturated heterocycles. The van der Waals surface area contributed by atoms with Crippen LogP contribution in [0.3, 0.4) is 0 Å². The molecule has 0 aliphatic carbocycles. The summed E-state index contributed by atoms with van der Waals surface area (Å²) in [4.78, 5) is 43.1. The standard InChI is InChI=1S/C30H40N4O4/c1-18-16-19(2)32-27(35)24(18)17-31-28(36)26-21(4)34(25-11-9-8-10-23(25)26)20(3)22-12-14-33(15-13-22)29(37)38-30(5,6)7/h8-11,16,20,22H,12-15,17H2,1-7H3,(H,31,36)(H,32,35). The summed E-state index contributed by atoms with van der Waals surface area (Å²) in [7, 11) is 0. The van der Waals surface area contributed by atoms with E-state index in [-0.39, 0.29) is 30.1 Å². The predicted octanol–water partition coefficient (Wildman–Crippen LogP) is 5.39. The van der Waals surface area contributed by atoms with Gasteiger partial charge in [0.15, 0.2) is 0 Å². The van der Waals surface area contributed by atoms with E-state index < -0.39 is 5.60 Å². The van der Waals surface area contributed by atoms with Crippen molar-refractivity contribution in [3.05, 3.63) is 68.8 Å². The average molecular weight is 521 g/mol. The highest BCUT2D eigenvalue weighted by molar-refractivity contribution is 6.08. The quantitative estimate of drug-likeness (QED) is 0.471. The Labute approximate surface area is 224 Å². The van der Waals surface area contributed by atoms with Gasteiger partial charge in [0.2, 0.25) is 0 Å². The van der Waals surface area contributed by atoms with Crippen LogP contribution in [0.4, 0.5) is 4.79 Å². The van der Waals surface area contributed by atoms with Gasteiger partial charge in [-0.2, -0.15) is 0 Å². The number of ether oxygens (including phenoxy) is 1. The topological polar surface area (TPSA) is 96.4 Å². The lowest BCUT2D eigenvalue weighted by Crippen LogP contribution is -2.42. The highest BCUT2D eigenvalue weighted by atomic mass is 16.6. The molecule has 3 aromatic rings. The van der Waals surface area contributed by atoms with Crippen LogP contribution in [0.15, 0.2) is 35.1 Å². The van der Waals surface area contributed by atoms with Crippen LogP contribution >= 0.6 is 0 Å². The number of piperidine rings is 1. The number of amides is 2. The van der Waals surface area contributed by atoms with Crippen molar-refractivity contribution >= 4 is 22.9 Å². The Morgan fingerprint density at radius 3 is 2.42 bits per heavy atom. The Bertz CT molecular complexity index is 1400. The maximum Gasteiger partial charge on any atom is 0.410 e. The largest absolute Gasteiger partial charge is 0.444 e. The maximum absolute atomic E-state index is 13.5. The van der Waals surface area contributed by atoms with E-state index in [0.29, 0.717) is 30.1 Å². The van der Waals surface area contributed by atoms with E-state index in [1.807, 2.05) is 65.8 Å². The van der Waals surface area contributed by atoms with Crippen LogP contribution < -0.4 is 10.9 Å². The summed E-state index contributed by atoms with van der Waals surface area (Å²) in [5, 5.41) is 3.89. The van der Waals surface area contributed by atoms with Gasteiger partial charge in [-0.1, -0.05) is 18.2 Å². The maximum atomic E-state index is 13.5. The van der Waals surface area contributed by atoms with Gasteiger partial charge in [0.25, 0.3) is 11.5 Å². The van der Waals surface area contributed by atoms with E-state index in [0.717, 1.165) is 40.7 Å². The van der Waals surface area contributed by atoms with Gasteiger partial charge in [0.05, 0.1) is 5.56 Å². The average Bonchev–Trinajstić information content (AvgIpc) is 3.13. The van der Waals surface area contributed by atoms with Crippen molar-refractivity contribution in [1.29, 1.82) is 0 Å². The third-order valence-corrected chi connectivity index (χ3v) is 7.58. The third kappa shape index (κ3) is 5.64. The number of hydrogen-bond donors (Lipinski definition) is 2. The molecule has 1 atom stereocenters. The summed E-state index contributed by atoms with van der Waals surface area (Å²) in [6, 6.07) is 10.0. The Balaban J connectivity index is 1.55. The summed E-state index contributed by atoms with van der Waals surface area (Å²) in [6.45, 7) is 15.0. The van der Waals surface area contributed by atoms with Gasteiger partial charge in [-0.15, -0.1) is 0 Å². The van der Waals surface area contributed by atoms with Crippen molar-refractivity contribution in [3.8, 4) is 0 Å². The number of carbonyl (C=O) groups excluding carboxylic acids is 2. The van der Waals surface area contributed by atoms with Gasteiger partial charge in [0, 0.05) is 53.5 Å². The number of hydrogen-bond acceptors (Lipinski definition) is 4. The summed E-state index contributed by atoms with van der Waals surface area (Å²) in [6.07, 6.45) is 1.47. The van der Waals surface area contributed by atoms with Crippen LogP contribution in [0.5, 0.6) is 0 Å². The van der Waals surface area contributed by atoms with Crippen LogP contribution in [-0.2, 0) is 11.3 Å². The molecule has 8 heteroatoms. The Morgan fingerprint density at radius 2 is 1.79 bits per heavy atom. The number of nitrogens with zero attached hydrogens (tertiary/aromatic N) is 2. The van der Waals surface area contributed by atoms with E-state index in [1.165, 1.54) is 0 Å². The summed E-state index contributed by atoms with van der Waals surface area (Å²) in [5.74, 6) is 0.164. The SMILES string of the molecule is Cc1cc(C)c(CNC(=O)c2c(C)n(C(C)C3CCN(C(=O)OC(C)(C)C)CC3)c3ccccc23)c(=O)[nH]1. The van der Waals surface area contributed by atoms with Crippen molar-refractivity contribution < 1.29 is 14.3 Å². The molecular weight excluding hydrogens is 480 g/mol. The number of pyridine rings is 1. The summed E-state index contributed by atoms with van der Waals surface area (Å²) >= 11 is 0. The minimum atomic E-state index is -0.509. The first-order chi connectivity index (χ1) is 17.9. The lowest BCUT2D eigenvalue weighted by molar-refractivity contribution is 0.0165. The smallest absolute Gasteiger partial charge is 0.410 e. The molecule has 2 aromatic heterocycles. The summed E-state index contributed by atoms with van der Waals surface area (Å²) in [5.41, 5.74) is 4.10. The number of H-pyrrole nitrogens is 1. The van der Waals surface area contributed by atoms with Gasteiger partial charge in [-0.3, -0.25) is 9.59 Å². The second kappa shape index (κ2) is 10.7. The van der Waals surface area contributed by atoms with Gasteiger partial charge in [0.1, 0.15) is 5.60 Å². The molecule has 204 valence electrons. The fourth-order valence-corrected chi connectivity index (χ4v) is 5.66. The van der Waals surface area contributed by atoms with Gasteiger partial charge < -0.3 is 24.5 Å². The minimum absolute atomic E-state index is 0.143. The molecule has 0 bridgehead atoms. The Hall–Kier alpha value is -3.55. The summed E-state index contributed by atoms with van der Waals surface area (Å²) < 4.78 is 7.82. The molecule has 3 heterocycles. The molecule has 1 fully saturated rings. The lowest BCUT2D eigenvalue weighted by atomic mass is 9.90. The Morgan fingerprint density at radius 1 is 1.13 bits per heavy atom. The molecule has 2 N–H and O–H groups in total. The molecule has 0 spiro atoms. The van der Waals surface area contributed by atoms with E-state index in [1.54, 1.807) is 4.90 Å². The number of aromatic nitrogens is 2. The van der Waals surface area contributed by atoms with E-state index in [9.17, 15) is 14.4 Å². The normalized spacial score (nSPS) is 15.5. The number of likely N-dealkylation sites (tertiary alicyclic amines) is 1. The number of fused-ring (bicyclic) bond motifs is 1. The van der Waals surface area contributed by atoms with Crippen LogP contribution in [0, 0.1) is 26.7 Å². The molecule has 38 heavy (non-hydrogen) atoms. The molecule has 4 rings (SSSR count). The monoisotopic (exact) mass is 520 g/mol. The van der Waals surface area contributed by atoms with E-state index in [4.69, 9.17) is 4.74 Å². The fraction of sp³-hybridized carbons (Fsp3) is 0.500. The van der Waals surface area contributed by atoms with E-state index in [2.05, 4.69) is 27.9 Å². The van der Waals surface area contributed by atoms with Crippen LogP contribution in [0.2, 0.25) is 0 Å². The van der Waals surface area contributed by atoms with Crippen LogP contribution in [0.1, 0.15) is 79.5 Å². The molecule has 1 unspecified atom stereocenters. The number of nitrogens with one attached hydrogen (secondary N) is 2. The van der Waals surface area contributed by atoms with E-state index >= 15 is 0 Å². The number of para-hydroxylation sites is 1. The Kier molecular flexibility index (Phi) is 7.72. The highest BCUT2D eigenvalue weighted by Gasteiger charge is 2.32. The van der Waals surface area contributed by atoms with Crippen molar-refractivity contribution in [2.24, 2.45) is 5.92 Å². The zero-order valence-electron chi connectivity index (χ0n) is 23.6. The van der Waals surface area contributed by atoms with Gasteiger partial charge >= 0.3 is 6.09 Å². The highest BCUT2D eigenvalue weighted by Crippen LogP contribution is 2.36. The van der Waals surface area contributed by atoms with Crippen molar-refractivity contribution in [2.45, 2.75) is 79.5 Å².